The molecule has 0 bridgehead atoms. The van der Waals surface area contributed by atoms with Crippen LogP contribution in [0.1, 0.15) is 24.4 Å². The summed E-state index contributed by atoms with van der Waals surface area (Å²) in [5.74, 6) is -1.60. The maximum atomic E-state index is 13.4. The van der Waals surface area contributed by atoms with Crippen molar-refractivity contribution in [2.75, 3.05) is 18.9 Å². The van der Waals surface area contributed by atoms with E-state index in [2.05, 4.69) is 10.3 Å². The lowest BCUT2D eigenvalue weighted by atomic mass is 10.1. The lowest BCUT2D eigenvalue weighted by Crippen LogP contribution is -2.30. The molecule has 2 aromatic rings. The van der Waals surface area contributed by atoms with Crippen molar-refractivity contribution in [1.29, 1.82) is 0 Å². The van der Waals surface area contributed by atoms with Gasteiger partial charge in [-0.25, -0.2) is 22.2 Å². The standard InChI is InChI=1S/C16H17F2N3O2S/c1-19-16-9-11(6-7-20-16)15-3-2-8-21(15)24(22,23)12-4-5-13(17)14(18)10-12/h4-7,9-10,15H,2-3,8H2,1H3,(H,19,20)/t15-/m0/s1. The van der Waals surface area contributed by atoms with Crippen LogP contribution in [-0.2, 0) is 10.0 Å². The minimum absolute atomic E-state index is 0.240. The first-order valence-corrected chi connectivity index (χ1v) is 8.98. The summed E-state index contributed by atoms with van der Waals surface area (Å²) < 4.78 is 53.6. The van der Waals surface area contributed by atoms with Crippen LogP contribution in [0.15, 0.2) is 41.4 Å². The number of halogens is 2. The molecule has 1 atom stereocenters. The molecule has 0 amide bonds. The zero-order valence-corrected chi connectivity index (χ0v) is 13.9. The maximum Gasteiger partial charge on any atom is 0.243 e. The van der Waals surface area contributed by atoms with Gasteiger partial charge in [0, 0.05) is 19.8 Å². The molecule has 8 heteroatoms. The van der Waals surface area contributed by atoms with E-state index in [0.717, 1.165) is 23.8 Å². The van der Waals surface area contributed by atoms with Gasteiger partial charge in [0.25, 0.3) is 0 Å². The van der Waals surface area contributed by atoms with E-state index in [0.29, 0.717) is 25.2 Å². The van der Waals surface area contributed by atoms with E-state index < -0.39 is 21.7 Å². The molecule has 1 N–H and O–H groups in total. The molecule has 1 saturated heterocycles. The summed E-state index contributed by atoms with van der Waals surface area (Å²) in [6, 6.07) is 5.87. The molecular weight excluding hydrogens is 336 g/mol. The molecule has 0 aliphatic carbocycles. The summed E-state index contributed by atoms with van der Waals surface area (Å²) in [4.78, 5) is 3.89. The van der Waals surface area contributed by atoms with Crippen molar-refractivity contribution in [2.24, 2.45) is 0 Å². The SMILES string of the molecule is CNc1cc([C@@H]2CCCN2S(=O)(=O)c2ccc(F)c(F)c2)ccn1. The van der Waals surface area contributed by atoms with Crippen molar-refractivity contribution in [3.63, 3.8) is 0 Å². The Morgan fingerprint density at radius 2 is 2.00 bits per heavy atom. The Morgan fingerprint density at radius 3 is 2.71 bits per heavy atom. The average molecular weight is 353 g/mol. The maximum absolute atomic E-state index is 13.4. The topological polar surface area (TPSA) is 62.3 Å². The first-order valence-electron chi connectivity index (χ1n) is 7.54. The highest BCUT2D eigenvalue weighted by Crippen LogP contribution is 2.37. The Bertz CT molecular complexity index is 858. The van der Waals surface area contributed by atoms with Crippen molar-refractivity contribution in [2.45, 2.75) is 23.8 Å². The van der Waals surface area contributed by atoms with E-state index in [4.69, 9.17) is 0 Å². The quantitative estimate of drug-likeness (QED) is 0.918. The van der Waals surface area contributed by atoms with Crippen LogP contribution in [0, 0.1) is 11.6 Å². The summed E-state index contributed by atoms with van der Waals surface area (Å²) in [6.07, 6.45) is 2.97. The van der Waals surface area contributed by atoms with Crippen LogP contribution in [0.4, 0.5) is 14.6 Å². The number of hydrogen-bond acceptors (Lipinski definition) is 4. The van der Waals surface area contributed by atoms with Crippen LogP contribution in [0.3, 0.4) is 0 Å². The third-order valence-corrected chi connectivity index (χ3v) is 6.03. The Hall–Kier alpha value is -2.06. The molecule has 3 rings (SSSR count). The zero-order valence-electron chi connectivity index (χ0n) is 13.0. The third-order valence-electron chi connectivity index (χ3n) is 4.13. The summed E-state index contributed by atoms with van der Waals surface area (Å²) in [5, 5.41) is 2.92. The molecule has 1 aromatic heterocycles. The van der Waals surface area contributed by atoms with Gasteiger partial charge >= 0.3 is 0 Å². The zero-order chi connectivity index (χ0) is 17.3. The van der Waals surface area contributed by atoms with Crippen LogP contribution >= 0.6 is 0 Å². The van der Waals surface area contributed by atoms with Gasteiger partial charge in [-0.15, -0.1) is 0 Å². The number of nitrogens with one attached hydrogen (secondary N) is 1. The Morgan fingerprint density at radius 1 is 1.21 bits per heavy atom. The molecule has 2 heterocycles. The van der Waals surface area contributed by atoms with E-state index in [1.54, 1.807) is 25.4 Å². The van der Waals surface area contributed by atoms with E-state index in [-0.39, 0.29) is 10.9 Å². The fourth-order valence-electron chi connectivity index (χ4n) is 2.92. The smallest absolute Gasteiger partial charge is 0.243 e. The van der Waals surface area contributed by atoms with E-state index in [1.807, 2.05) is 0 Å². The molecule has 0 saturated carbocycles. The van der Waals surface area contributed by atoms with Crippen LogP contribution in [0.2, 0.25) is 0 Å². The van der Waals surface area contributed by atoms with E-state index in [9.17, 15) is 17.2 Å². The predicted molar refractivity (Wildman–Crippen MR) is 86.0 cm³/mol. The van der Waals surface area contributed by atoms with Gasteiger partial charge in [0.2, 0.25) is 10.0 Å². The highest BCUT2D eigenvalue weighted by molar-refractivity contribution is 7.89. The third kappa shape index (κ3) is 2.99. The highest BCUT2D eigenvalue weighted by atomic mass is 32.2. The van der Waals surface area contributed by atoms with Gasteiger partial charge in [0.1, 0.15) is 5.82 Å². The minimum atomic E-state index is -3.91. The van der Waals surface area contributed by atoms with Gasteiger partial charge in [-0.3, -0.25) is 0 Å². The average Bonchev–Trinajstić information content (AvgIpc) is 3.08. The number of benzene rings is 1. The highest BCUT2D eigenvalue weighted by Gasteiger charge is 2.36. The fourth-order valence-corrected chi connectivity index (χ4v) is 4.62. The number of nitrogens with zero attached hydrogens (tertiary/aromatic N) is 2. The number of pyridine rings is 1. The van der Waals surface area contributed by atoms with E-state index >= 15 is 0 Å². The van der Waals surface area contributed by atoms with Crippen molar-refractivity contribution in [3.05, 3.63) is 53.7 Å². The van der Waals surface area contributed by atoms with Crippen molar-refractivity contribution in [1.82, 2.24) is 9.29 Å². The van der Waals surface area contributed by atoms with Gasteiger partial charge in [-0.1, -0.05) is 0 Å². The van der Waals surface area contributed by atoms with Crippen molar-refractivity contribution < 1.29 is 17.2 Å². The summed E-state index contributed by atoms with van der Waals surface area (Å²) >= 11 is 0. The molecule has 1 fully saturated rings. The number of rotatable bonds is 4. The van der Waals surface area contributed by atoms with Gasteiger partial charge < -0.3 is 5.32 Å². The molecule has 1 aromatic carbocycles. The molecule has 0 radical (unpaired) electrons. The molecule has 5 nitrogen and oxygen atoms in total. The summed E-state index contributed by atoms with van der Waals surface area (Å²) in [5.41, 5.74) is 0.818. The molecule has 24 heavy (non-hydrogen) atoms. The van der Waals surface area contributed by atoms with Crippen LogP contribution in [0.25, 0.3) is 0 Å². The Labute approximate surface area is 139 Å². The molecule has 1 aliphatic rings. The van der Waals surface area contributed by atoms with Crippen LogP contribution in [-0.4, -0.2) is 31.3 Å². The lowest BCUT2D eigenvalue weighted by molar-refractivity contribution is 0.396. The largest absolute Gasteiger partial charge is 0.373 e. The predicted octanol–water partition coefficient (Wildman–Crippen LogP) is 2.93. The summed E-state index contributed by atoms with van der Waals surface area (Å²) in [6.45, 7) is 0.337. The monoisotopic (exact) mass is 353 g/mol. The van der Waals surface area contributed by atoms with Crippen LogP contribution < -0.4 is 5.32 Å². The van der Waals surface area contributed by atoms with Gasteiger partial charge in [0.15, 0.2) is 11.6 Å². The molecule has 0 unspecified atom stereocenters. The van der Waals surface area contributed by atoms with E-state index in [1.165, 1.54) is 4.31 Å². The number of anilines is 1. The second-order valence-electron chi connectivity index (χ2n) is 5.57. The lowest BCUT2D eigenvalue weighted by Gasteiger charge is -2.24. The normalized spacial score (nSPS) is 18.7. The van der Waals surface area contributed by atoms with Crippen molar-refractivity contribution >= 4 is 15.8 Å². The number of hydrogen-bond donors (Lipinski definition) is 1. The molecule has 1 aliphatic heterocycles. The molecule has 0 spiro atoms. The summed E-state index contributed by atoms with van der Waals surface area (Å²) in [7, 11) is -2.18. The number of aromatic nitrogens is 1. The number of sulfonamides is 1. The molecule has 128 valence electrons. The van der Waals surface area contributed by atoms with Gasteiger partial charge in [0.05, 0.1) is 10.9 Å². The second kappa shape index (κ2) is 6.45. The fraction of sp³-hybridized carbons (Fsp3) is 0.312. The van der Waals surface area contributed by atoms with Gasteiger partial charge in [-0.05, 0) is 48.7 Å². The second-order valence-corrected chi connectivity index (χ2v) is 7.46. The minimum Gasteiger partial charge on any atom is -0.373 e. The molecular formula is C16H17F2N3O2S. The Balaban J connectivity index is 1.98. The first kappa shape index (κ1) is 16.8. The van der Waals surface area contributed by atoms with Gasteiger partial charge in [-0.2, -0.15) is 4.31 Å². The van der Waals surface area contributed by atoms with Crippen LogP contribution in [0.5, 0.6) is 0 Å². The first-order chi connectivity index (χ1) is 11.4. The Kier molecular flexibility index (Phi) is 4.51. The van der Waals surface area contributed by atoms with Crippen molar-refractivity contribution in [3.8, 4) is 0 Å².